The van der Waals surface area contributed by atoms with Gasteiger partial charge in [-0.1, -0.05) is 29.5 Å². The number of benzene rings is 1. The zero-order valence-corrected chi connectivity index (χ0v) is 12.9. The highest BCUT2D eigenvalue weighted by molar-refractivity contribution is 7.73. The van der Waals surface area contributed by atoms with Gasteiger partial charge < -0.3 is 0 Å². The van der Waals surface area contributed by atoms with Crippen molar-refractivity contribution < 1.29 is 0 Å². The van der Waals surface area contributed by atoms with Gasteiger partial charge in [0.05, 0.1) is 11.4 Å². The maximum Gasteiger partial charge on any atom is 0.176 e. The summed E-state index contributed by atoms with van der Waals surface area (Å²) in [4.78, 5) is 0. The van der Waals surface area contributed by atoms with Gasteiger partial charge in [-0.25, -0.2) is 4.68 Å². The normalized spacial score (nSPS) is 10.9. The number of nitrogens with one attached hydrogen (secondary N) is 1. The fraction of sp³-hybridized carbons (Fsp3) is 0.214. The molecule has 1 aromatic carbocycles. The Hall–Kier alpha value is -1.79. The predicted molar refractivity (Wildman–Crippen MR) is 83.1 cm³/mol. The van der Waals surface area contributed by atoms with Gasteiger partial charge in [-0.3, -0.25) is 5.10 Å². The molecule has 0 radical (unpaired) electrons. The van der Waals surface area contributed by atoms with E-state index in [9.17, 15) is 0 Å². The van der Waals surface area contributed by atoms with Crippen molar-refractivity contribution >= 4 is 23.6 Å². The Balaban J connectivity index is 2.01. The Morgan fingerprint density at radius 3 is 2.65 bits per heavy atom. The van der Waals surface area contributed by atoms with Crippen molar-refractivity contribution in [2.75, 3.05) is 0 Å². The fourth-order valence-corrected chi connectivity index (χ4v) is 3.19. The summed E-state index contributed by atoms with van der Waals surface area (Å²) >= 11 is 6.59. The quantitative estimate of drug-likeness (QED) is 0.752. The minimum atomic E-state index is 0.714. The summed E-state index contributed by atoms with van der Waals surface area (Å²) in [6.07, 6.45) is 0.766. The van der Waals surface area contributed by atoms with E-state index in [1.807, 2.05) is 29.8 Å². The number of hydrogen-bond acceptors (Lipinski definition) is 4. The third kappa shape index (κ3) is 2.44. The lowest BCUT2D eigenvalue weighted by molar-refractivity contribution is 0.832. The first-order chi connectivity index (χ1) is 9.65. The lowest BCUT2D eigenvalue weighted by Gasteiger charge is -2.04. The molecule has 2 heterocycles. The smallest absolute Gasteiger partial charge is 0.176 e. The molecule has 6 heteroatoms. The minimum absolute atomic E-state index is 0.714. The summed E-state index contributed by atoms with van der Waals surface area (Å²) in [6, 6.07) is 10.2. The first-order valence-corrected chi connectivity index (χ1v) is 7.52. The summed E-state index contributed by atoms with van der Waals surface area (Å²) < 4.78 is 2.70. The van der Waals surface area contributed by atoms with Crippen LogP contribution in [0, 0.1) is 17.8 Å². The molecule has 4 nitrogen and oxygen atoms in total. The number of para-hydroxylation sites is 1. The molecule has 0 saturated heterocycles. The zero-order chi connectivity index (χ0) is 14.1. The third-order valence-corrected chi connectivity index (χ3v) is 4.34. The standard InChI is InChI=1S/C14H14N4S2/c1-9-12(8-13-15-16-14(19)20-13)10(2)18(17-9)11-6-4-3-5-7-11/h3-7H,8H2,1-2H3,(H,16,19). The predicted octanol–water partition coefficient (Wildman–Crippen LogP) is 3.59. The maximum atomic E-state index is 5.08. The molecule has 0 atom stereocenters. The molecule has 0 fully saturated rings. The largest absolute Gasteiger partial charge is 0.258 e. The van der Waals surface area contributed by atoms with Gasteiger partial charge in [0.1, 0.15) is 5.01 Å². The van der Waals surface area contributed by atoms with Crippen LogP contribution in [0.15, 0.2) is 30.3 Å². The van der Waals surface area contributed by atoms with Crippen LogP contribution >= 0.6 is 23.6 Å². The van der Waals surface area contributed by atoms with E-state index in [0.29, 0.717) is 3.95 Å². The van der Waals surface area contributed by atoms with Gasteiger partial charge in [-0.2, -0.15) is 10.2 Å². The van der Waals surface area contributed by atoms with Crippen molar-refractivity contribution in [2.24, 2.45) is 0 Å². The van der Waals surface area contributed by atoms with Crippen LogP contribution < -0.4 is 0 Å². The molecule has 0 amide bonds. The highest BCUT2D eigenvalue weighted by Crippen LogP contribution is 2.21. The molecule has 0 aliphatic heterocycles. The molecular formula is C14H14N4S2. The van der Waals surface area contributed by atoms with Crippen LogP contribution in [0.25, 0.3) is 5.69 Å². The molecule has 3 aromatic rings. The maximum absolute atomic E-state index is 5.08. The number of rotatable bonds is 3. The average Bonchev–Trinajstić information content (AvgIpc) is 2.98. The topological polar surface area (TPSA) is 46.5 Å². The number of aromatic nitrogens is 4. The summed E-state index contributed by atoms with van der Waals surface area (Å²) in [6.45, 7) is 4.13. The minimum Gasteiger partial charge on any atom is -0.258 e. The van der Waals surface area contributed by atoms with E-state index in [0.717, 1.165) is 28.5 Å². The van der Waals surface area contributed by atoms with Crippen LogP contribution in [0.4, 0.5) is 0 Å². The SMILES string of the molecule is Cc1nn(-c2ccccc2)c(C)c1Cc1n[nH]c(=S)s1. The monoisotopic (exact) mass is 302 g/mol. The number of aryl methyl sites for hydroxylation is 1. The van der Waals surface area contributed by atoms with Crippen molar-refractivity contribution in [1.29, 1.82) is 0 Å². The Bertz CT molecular complexity index is 783. The molecule has 102 valence electrons. The van der Waals surface area contributed by atoms with Gasteiger partial charge in [-0.05, 0) is 38.2 Å². The number of nitrogens with zero attached hydrogens (tertiary/aromatic N) is 3. The molecule has 0 aliphatic rings. The summed E-state index contributed by atoms with van der Waals surface area (Å²) in [7, 11) is 0. The number of aromatic amines is 1. The van der Waals surface area contributed by atoms with E-state index >= 15 is 0 Å². The molecule has 1 N–H and O–H groups in total. The first-order valence-electron chi connectivity index (χ1n) is 6.30. The first kappa shape index (κ1) is 13.2. The molecule has 0 spiro atoms. The lowest BCUT2D eigenvalue weighted by atomic mass is 10.1. The van der Waals surface area contributed by atoms with Crippen LogP contribution in [-0.4, -0.2) is 20.0 Å². The summed E-state index contributed by atoms with van der Waals surface area (Å²) in [5.41, 5.74) is 4.47. The van der Waals surface area contributed by atoms with E-state index in [1.54, 1.807) is 0 Å². The second kappa shape index (κ2) is 5.30. The molecule has 0 aliphatic carbocycles. The second-order valence-corrected chi connectivity index (χ2v) is 6.33. The molecule has 3 rings (SSSR count). The van der Waals surface area contributed by atoms with Crippen molar-refractivity contribution in [3.63, 3.8) is 0 Å². The molecule has 2 aromatic heterocycles. The Morgan fingerprint density at radius 1 is 1.25 bits per heavy atom. The highest BCUT2D eigenvalue weighted by Gasteiger charge is 2.14. The molecular weight excluding hydrogens is 288 g/mol. The van der Waals surface area contributed by atoms with Gasteiger partial charge in [0.25, 0.3) is 0 Å². The van der Waals surface area contributed by atoms with E-state index in [-0.39, 0.29) is 0 Å². The summed E-state index contributed by atoms with van der Waals surface area (Å²) in [5, 5.41) is 12.7. The van der Waals surface area contributed by atoms with Crippen LogP contribution in [-0.2, 0) is 6.42 Å². The fourth-order valence-electron chi connectivity index (χ4n) is 2.24. The Kier molecular flexibility index (Phi) is 3.50. The average molecular weight is 302 g/mol. The van der Waals surface area contributed by atoms with Gasteiger partial charge in [0.2, 0.25) is 0 Å². The number of H-pyrrole nitrogens is 1. The zero-order valence-electron chi connectivity index (χ0n) is 11.3. The van der Waals surface area contributed by atoms with Gasteiger partial charge in [-0.15, -0.1) is 0 Å². The van der Waals surface area contributed by atoms with Crippen molar-refractivity contribution in [3.05, 3.63) is 56.2 Å². The van der Waals surface area contributed by atoms with Crippen LogP contribution in [0.5, 0.6) is 0 Å². The molecule has 20 heavy (non-hydrogen) atoms. The second-order valence-electron chi connectivity index (χ2n) is 4.58. The Labute approximate surface area is 126 Å². The van der Waals surface area contributed by atoms with Gasteiger partial charge in [0.15, 0.2) is 3.95 Å². The van der Waals surface area contributed by atoms with E-state index < -0.39 is 0 Å². The van der Waals surface area contributed by atoms with Crippen molar-refractivity contribution in [1.82, 2.24) is 20.0 Å². The molecule has 0 unspecified atom stereocenters. The Morgan fingerprint density at radius 2 is 2.00 bits per heavy atom. The number of hydrogen-bond donors (Lipinski definition) is 1. The van der Waals surface area contributed by atoms with Crippen molar-refractivity contribution in [3.8, 4) is 5.69 Å². The van der Waals surface area contributed by atoms with E-state index in [1.165, 1.54) is 16.9 Å². The van der Waals surface area contributed by atoms with Crippen molar-refractivity contribution in [2.45, 2.75) is 20.3 Å². The van der Waals surface area contributed by atoms with Crippen LogP contribution in [0.2, 0.25) is 0 Å². The van der Waals surface area contributed by atoms with Gasteiger partial charge in [0, 0.05) is 17.7 Å². The van der Waals surface area contributed by atoms with Gasteiger partial charge >= 0.3 is 0 Å². The lowest BCUT2D eigenvalue weighted by Crippen LogP contribution is -1.99. The highest BCUT2D eigenvalue weighted by atomic mass is 32.1. The van der Waals surface area contributed by atoms with Crippen LogP contribution in [0.3, 0.4) is 0 Å². The summed E-state index contributed by atoms with van der Waals surface area (Å²) in [5.74, 6) is 0. The third-order valence-electron chi connectivity index (χ3n) is 3.25. The van der Waals surface area contributed by atoms with E-state index in [2.05, 4.69) is 34.4 Å². The van der Waals surface area contributed by atoms with E-state index in [4.69, 9.17) is 12.2 Å². The molecule has 0 saturated carbocycles. The molecule has 0 bridgehead atoms. The van der Waals surface area contributed by atoms with Crippen LogP contribution in [0.1, 0.15) is 22.0 Å².